The number of para-hydroxylation sites is 1. The summed E-state index contributed by atoms with van der Waals surface area (Å²) in [5, 5.41) is 5.98. The van der Waals surface area contributed by atoms with Crippen molar-refractivity contribution in [2.24, 2.45) is 0 Å². The SMILES string of the molecule is C=C1/C=C\C=C/N(c2cccc3ccccc23)c2cc(-c3ccc(-c4ccccc4)cc3)ccc21.CC.CC1(C)c2cc(Nc3ccccc3)ccc2-c2ccc(-c3ccccc3)cc21. The van der Waals surface area contributed by atoms with Gasteiger partial charge in [0, 0.05) is 33.9 Å². The van der Waals surface area contributed by atoms with Crippen LogP contribution in [-0.4, -0.2) is 0 Å². The standard InChI is InChI=1S/C34H25N.C27H23N.C2H6/c1-25-10-7-8-23-35(33-16-9-14-29-13-5-6-15-32(29)33)34-24-30(21-22-31(25)34)28-19-17-27(18-20-28)26-11-3-2-4-12-26;1-27(2)25-17-20(19-9-5-3-6-10-19)13-15-23(25)24-16-14-22(18-26(24)27)28-21-11-7-4-8-12-21;1-2/h2-24H,1H2;3-18,28H,1-2H3;1-2H3/b10-7-,23-8-;;. The Labute approximate surface area is 385 Å². The van der Waals surface area contributed by atoms with Crippen molar-refractivity contribution >= 4 is 39.1 Å². The monoisotopic (exact) mass is 838 g/mol. The summed E-state index contributed by atoms with van der Waals surface area (Å²) in [6, 6.07) is 75.6. The van der Waals surface area contributed by atoms with Crippen LogP contribution in [0.15, 0.2) is 243 Å². The minimum Gasteiger partial charge on any atom is -0.356 e. The molecule has 2 nitrogen and oxygen atoms in total. The van der Waals surface area contributed by atoms with Crippen LogP contribution in [0.5, 0.6) is 0 Å². The average molecular weight is 839 g/mol. The van der Waals surface area contributed by atoms with E-state index in [1.807, 2.05) is 19.9 Å². The predicted molar refractivity (Wildman–Crippen MR) is 281 cm³/mol. The van der Waals surface area contributed by atoms with E-state index in [1.165, 1.54) is 66.4 Å². The largest absolute Gasteiger partial charge is 0.356 e. The summed E-state index contributed by atoms with van der Waals surface area (Å²) in [7, 11) is 0. The number of rotatable bonds is 6. The molecule has 2 aliphatic rings. The maximum absolute atomic E-state index is 4.35. The molecule has 0 spiro atoms. The van der Waals surface area contributed by atoms with Gasteiger partial charge in [-0.15, -0.1) is 0 Å². The van der Waals surface area contributed by atoms with E-state index < -0.39 is 0 Å². The van der Waals surface area contributed by atoms with Crippen LogP contribution < -0.4 is 10.2 Å². The van der Waals surface area contributed by atoms with E-state index in [0.717, 1.165) is 33.9 Å². The molecule has 0 amide bonds. The molecule has 2 heteroatoms. The highest BCUT2D eigenvalue weighted by atomic mass is 15.1. The van der Waals surface area contributed by atoms with Crippen molar-refractivity contribution in [3.05, 3.63) is 260 Å². The maximum Gasteiger partial charge on any atom is 0.0540 e. The van der Waals surface area contributed by atoms with E-state index in [-0.39, 0.29) is 5.41 Å². The van der Waals surface area contributed by atoms with E-state index in [2.05, 4.69) is 261 Å². The Morgan fingerprint density at radius 3 is 1.62 bits per heavy atom. The van der Waals surface area contributed by atoms with Crippen molar-refractivity contribution in [3.8, 4) is 44.5 Å². The van der Waals surface area contributed by atoms with Gasteiger partial charge >= 0.3 is 0 Å². The number of fused-ring (bicyclic) bond motifs is 5. The van der Waals surface area contributed by atoms with Gasteiger partial charge in [-0.1, -0.05) is 216 Å². The first-order chi connectivity index (χ1) is 31.9. The Bertz CT molecular complexity index is 3150. The number of nitrogens with one attached hydrogen (secondary N) is 1. The summed E-state index contributed by atoms with van der Waals surface area (Å²) in [5.41, 5.74) is 19.5. The van der Waals surface area contributed by atoms with Crippen LogP contribution in [0.3, 0.4) is 0 Å². The highest BCUT2D eigenvalue weighted by molar-refractivity contribution is 5.99. The van der Waals surface area contributed by atoms with Crippen molar-refractivity contribution < 1.29 is 0 Å². The molecule has 0 fully saturated rings. The minimum absolute atomic E-state index is 0.0240. The van der Waals surface area contributed by atoms with Crippen LogP contribution >= 0.6 is 0 Å². The fourth-order valence-corrected chi connectivity index (χ4v) is 9.09. The van der Waals surface area contributed by atoms with Gasteiger partial charge in [0.1, 0.15) is 0 Å². The Balaban J connectivity index is 0.000000162. The molecule has 1 aliphatic heterocycles. The second-order valence-electron chi connectivity index (χ2n) is 16.8. The quantitative estimate of drug-likeness (QED) is 0.179. The third-order valence-electron chi connectivity index (χ3n) is 12.4. The summed E-state index contributed by atoms with van der Waals surface area (Å²) in [4.78, 5) is 2.29. The Morgan fingerprint density at radius 1 is 0.415 bits per heavy atom. The molecule has 0 bridgehead atoms. The smallest absolute Gasteiger partial charge is 0.0540 e. The van der Waals surface area contributed by atoms with Crippen molar-refractivity contribution in [2.45, 2.75) is 33.1 Å². The second-order valence-corrected chi connectivity index (χ2v) is 16.8. The molecular formula is C63H54N2. The van der Waals surface area contributed by atoms with Crippen LogP contribution in [0.4, 0.5) is 22.7 Å². The van der Waals surface area contributed by atoms with E-state index in [1.54, 1.807) is 0 Å². The lowest BCUT2D eigenvalue weighted by Crippen LogP contribution is -2.15. The molecule has 0 saturated carbocycles. The zero-order chi connectivity index (χ0) is 44.8. The van der Waals surface area contributed by atoms with Crippen molar-refractivity contribution in [1.82, 2.24) is 0 Å². The first-order valence-corrected chi connectivity index (χ1v) is 22.7. The van der Waals surface area contributed by atoms with Gasteiger partial charge in [-0.2, -0.15) is 0 Å². The highest BCUT2D eigenvalue weighted by Gasteiger charge is 2.35. The van der Waals surface area contributed by atoms with Gasteiger partial charge in [0.05, 0.1) is 11.4 Å². The van der Waals surface area contributed by atoms with Gasteiger partial charge in [0.15, 0.2) is 0 Å². The lowest BCUT2D eigenvalue weighted by atomic mass is 9.81. The van der Waals surface area contributed by atoms with Crippen molar-refractivity contribution in [2.75, 3.05) is 10.2 Å². The summed E-state index contributed by atoms with van der Waals surface area (Å²) >= 11 is 0. The molecule has 0 unspecified atom stereocenters. The normalized spacial score (nSPS) is 13.9. The summed E-state index contributed by atoms with van der Waals surface area (Å²) < 4.78 is 0. The van der Waals surface area contributed by atoms with Gasteiger partial charge in [-0.05, 0) is 115 Å². The maximum atomic E-state index is 4.35. The molecule has 1 heterocycles. The van der Waals surface area contributed by atoms with Crippen LogP contribution in [0.1, 0.15) is 44.4 Å². The topological polar surface area (TPSA) is 15.3 Å². The predicted octanol–water partition coefficient (Wildman–Crippen LogP) is 17.8. The van der Waals surface area contributed by atoms with Crippen LogP contribution in [-0.2, 0) is 5.41 Å². The number of anilines is 4. The minimum atomic E-state index is -0.0240. The molecule has 316 valence electrons. The van der Waals surface area contributed by atoms with Crippen LogP contribution in [0.2, 0.25) is 0 Å². The molecule has 0 aromatic heterocycles. The number of benzene rings is 9. The summed E-state index contributed by atoms with van der Waals surface area (Å²) in [6.45, 7) is 13.0. The molecule has 0 saturated heterocycles. The molecule has 65 heavy (non-hydrogen) atoms. The Kier molecular flexibility index (Phi) is 12.3. The van der Waals surface area contributed by atoms with Gasteiger partial charge in [-0.3, -0.25) is 0 Å². The lowest BCUT2D eigenvalue weighted by Gasteiger charge is -2.27. The van der Waals surface area contributed by atoms with E-state index in [4.69, 9.17) is 0 Å². The number of hydrogen-bond donors (Lipinski definition) is 1. The zero-order valence-corrected chi connectivity index (χ0v) is 37.7. The summed E-state index contributed by atoms with van der Waals surface area (Å²) in [6.07, 6.45) is 8.35. The first-order valence-electron chi connectivity index (χ1n) is 22.7. The molecule has 9 aromatic rings. The van der Waals surface area contributed by atoms with Crippen molar-refractivity contribution in [3.63, 3.8) is 0 Å². The molecular weight excluding hydrogens is 785 g/mol. The van der Waals surface area contributed by atoms with Gasteiger partial charge < -0.3 is 10.2 Å². The number of nitrogens with zero attached hydrogens (tertiary/aromatic N) is 1. The first kappa shape index (κ1) is 42.4. The van der Waals surface area contributed by atoms with Crippen LogP contribution in [0.25, 0.3) is 60.9 Å². The molecule has 9 aromatic carbocycles. The van der Waals surface area contributed by atoms with Crippen LogP contribution in [0, 0.1) is 0 Å². The molecule has 0 radical (unpaired) electrons. The molecule has 1 aliphatic carbocycles. The van der Waals surface area contributed by atoms with E-state index in [9.17, 15) is 0 Å². The fraction of sp³-hybridized carbons (Fsp3) is 0.0794. The van der Waals surface area contributed by atoms with E-state index >= 15 is 0 Å². The zero-order valence-electron chi connectivity index (χ0n) is 37.7. The third kappa shape index (κ3) is 8.72. The highest BCUT2D eigenvalue weighted by Crippen LogP contribution is 2.50. The van der Waals surface area contributed by atoms with Crippen molar-refractivity contribution in [1.29, 1.82) is 0 Å². The molecule has 1 N–H and O–H groups in total. The van der Waals surface area contributed by atoms with Gasteiger partial charge in [0.2, 0.25) is 0 Å². The second kappa shape index (κ2) is 18.8. The Morgan fingerprint density at radius 2 is 0.923 bits per heavy atom. The number of hydrogen-bond acceptors (Lipinski definition) is 2. The lowest BCUT2D eigenvalue weighted by molar-refractivity contribution is 0.661. The van der Waals surface area contributed by atoms with Gasteiger partial charge in [-0.25, -0.2) is 0 Å². The van der Waals surface area contributed by atoms with E-state index in [0.29, 0.717) is 0 Å². The third-order valence-corrected chi connectivity index (χ3v) is 12.4. The Hall–Kier alpha value is -7.94. The fourth-order valence-electron chi connectivity index (χ4n) is 9.09. The average Bonchev–Trinajstić information content (AvgIpc) is 3.59. The molecule has 11 rings (SSSR count). The molecule has 0 atom stereocenters. The van der Waals surface area contributed by atoms with Gasteiger partial charge in [0.25, 0.3) is 0 Å². The number of allylic oxidation sites excluding steroid dienone is 4. The summed E-state index contributed by atoms with van der Waals surface area (Å²) in [5.74, 6) is 0.